The van der Waals surface area contributed by atoms with E-state index in [-0.39, 0.29) is 18.3 Å². The van der Waals surface area contributed by atoms with Gasteiger partial charge in [-0.15, -0.1) is 0 Å². The van der Waals surface area contributed by atoms with Crippen molar-refractivity contribution >= 4 is 39.1 Å². The molecule has 1 aliphatic rings. The zero-order chi connectivity index (χ0) is 28.5. The van der Waals surface area contributed by atoms with Crippen molar-refractivity contribution in [2.24, 2.45) is 0 Å². The van der Waals surface area contributed by atoms with Crippen LogP contribution in [0.15, 0.2) is 47.3 Å². The number of hydrogen-bond donors (Lipinski definition) is 1. The highest BCUT2D eigenvalue weighted by molar-refractivity contribution is 7.84. The minimum atomic E-state index is -0.942. The van der Waals surface area contributed by atoms with E-state index in [1.54, 1.807) is 29.4 Å². The first-order valence-electron chi connectivity index (χ1n) is 13.3. The third kappa shape index (κ3) is 5.61. The monoisotopic (exact) mass is 584 g/mol. The molecule has 216 valence electrons. The molecular weight excluding hydrogens is 554 g/mol. The predicted molar refractivity (Wildman–Crippen MR) is 152 cm³/mol. The van der Waals surface area contributed by atoms with E-state index in [0.29, 0.717) is 73.2 Å². The zero-order valence-electron chi connectivity index (χ0n) is 22.5. The van der Waals surface area contributed by atoms with Gasteiger partial charge in [0.15, 0.2) is 23.0 Å². The van der Waals surface area contributed by atoms with Crippen molar-refractivity contribution in [1.29, 1.82) is 0 Å². The third-order valence-electron chi connectivity index (χ3n) is 7.18. The van der Waals surface area contributed by atoms with Gasteiger partial charge in [-0.25, -0.2) is 13.8 Å². The molecule has 2 N–H and O–H groups in total. The molecule has 5 heterocycles. The molecular formula is C27H30F2N8O3S. The standard InChI is InChI=1S/C27H30F2N8O3S/c1-41(38)13-3-12-40-24-16-21(18(28)14-19(24)29)35-8-5-34(6-9-35)7-10-36-17-31-25-22-15-20(23-4-2-11-39-23)33-37(22)27(30)32-26(25)36/h2,4,11,14-17H,3,5-10,12-13H2,1H3,(H2,30,32)/t41-/m0/s1. The average Bonchev–Trinajstić information content (AvgIpc) is 3.71. The van der Waals surface area contributed by atoms with Crippen molar-refractivity contribution in [3.8, 4) is 17.2 Å². The van der Waals surface area contributed by atoms with Crippen LogP contribution in [0.2, 0.25) is 0 Å². The minimum Gasteiger partial charge on any atom is -0.490 e. The number of aromatic nitrogens is 5. The Kier molecular flexibility index (Phi) is 7.58. The summed E-state index contributed by atoms with van der Waals surface area (Å²) in [7, 11) is -0.942. The average molecular weight is 585 g/mol. The second-order valence-corrected chi connectivity index (χ2v) is 11.5. The van der Waals surface area contributed by atoms with E-state index in [9.17, 15) is 13.0 Å². The van der Waals surface area contributed by atoms with E-state index >= 15 is 0 Å². The lowest BCUT2D eigenvalue weighted by molar-refractivity contribution is 0.248. The van der Waals surface area contributed by atoms with Crippen LogP contribution in [0.1, 0.15) is 6.42 Å². The molecule has 6 rings (SSSR count). The number of nitrogens with zero attached hydrogens (tertiary/aromatic N) is 7. The van der Waals surface area contributed by atoms with Crippen LogP contribution >= 0.6 is 0 Å². The van der Waals surface area contributed by atoms with Crippen molar-refractivity contribution in [3.05, 3.63) is 54.6 Å². The first-order chi connectivity index (χ1) is 19.9. The van der Waals surface area contributed by atoms with Gasteiger partial charge < -0.3 is 24.4 Å². The summed E-state index contributed by atoms with van der Waals surface area (Å²) in [6, 6.07) is 7.80. The topological polar surface area (TPSA) is 120 Å². The smallest absolute Gasteiger partial charge is 0.223 e. The number of anilines is 2. The van der Waals surface area contributed by atoms with Crippen molar-refractivity contribution in [2.45, 2.75) is 13.0 Å². The van der Waals surface area contributed by atoms with Crippen LogP contribution in [0, 0.1) is 11.6 Å². The second-order valence-electron chi connectivity index (χ2n) is 9.93. The van der Waals surface area contributed by atoms with Gasteiger partial charge in [-0.1, -0.05) is 0 Å². The van der Waals surface area contributed by atoms with Gasteiger partial charge in [0.25, 0.3) is 0 Å². The molecule has 1 aromatic carbocycles. The number of fused-ring (bicyclic) bond motifs is 3. The van der Waals surface area contributed by atoms with Crippen LogP contribution in [0.3, 0.4) is 0 Å². The molecule has 0 bridgehead atoms. The number of piperazine rings is 1. The first-order valence-corrected chi connectivity index (χ1v) is 15.0. The Labute approximate surface area is 237 Å². The summed E-state index contributed by atoms with van der Waals surface area (Å²) >= 11 is 0. The van der Waals surface area contributed by atoms with Gasteiger partial charge in [0, 0.05) is 74.2 Å². The Morgan fingerprint density at radius 2 is 1.95 bits per heavy atom. The maximum Gasteiger partial charge on any atom is 0.223 e. The quantitative estimate of drug-likeness (QED) is 0.247. The van der Waals surface area contributed by atoms with Crippen molar-refractivity contribution in [3.63, 3.8) is 0 Å². The minimum absolute atomic E-state index is 0.00745. The molecule has 1 atom stereocenters. The van der Waals surface area contributed by atoms with Crippen LogP contribution in [-0.2, 0) is 17.3 Å². The molecule has 0 unspecified atom stereocenters. The lowest BCUT2D eigenvalue weighted by Gasteiger charge is -2.36. The number of imidazole rings is 1. The van der Waals surface area contributed by atoms with E-state index in [1.165, 1.54) is 6.07 Å². The summed E-state index contributed by atoms with van der Waals surface area (Å²) in [6.45, 7) is 4.17. The van der Waals surface area contributed by atoms with E-state index in [0.717, 1.165) is 18.1 Å². The van der Waals surface area contributed by atoms with Gasteiger partial charge in [-0.3, -0.25) is 9.11 Å². The van der Waals surface area contributed by atoms with Gasteiger partial charge in [0.05, 0.1) is 24.9 Å². The fourth-order valence-electron chi connectivity index (χ4n) is 5.04. The number of hydrogen-bond acceptors (Lipinski definition) is 9. The Hall–Kier alpha value is -4.04. The van der Waals surface area contributed by atoms with Gasteiger partial charge >= 0.3 is 0 Å². The fourth-order valence-corrected chi connectivity index (χ4v) is 5.56. The Balaban J connectivity index is 1.09. The lowest BCUT2D eigenvalue weighted by atomic mass is 10.2. The molecule has 0 radical (unpaired) electrons. The van der Waals surface area contributed by atoms with E-state index in [2.05, 4.69) is 20.0 Å². The van der Waals surface area contributed by atoms with Crippen molar-refractivity contribution in [2.75, 3.05) is 62.0 Å². The van der Waals surface area contributed by atoms with Gasteiger partial charge in [0.2, 0.25) is 5.95 Å². The molecule has 1 aliphatic heterocycles. The Morgan fingerprint density at radius 1 is 1.12 bits per heavy atom. The molecule has 0 spiro atoms. The molecule has 1 fully saturated rings. The number of nitrogens with two attached hydrogens (primary N) is 1. The maximum absolute atomic E-state index is 14.7. The molecule has 0 saturated carbocycles. The highest BCUT2D eigenvalue weighted by atomic mass is 32.2. The fraction of sp³-hybridized carbons (Fsp3) is 0.370. The van der Waals surface area contributed by atoms with Crippen LogP contribution in [0.4, 0.5) is 20.4 Å². The van der Waals surface area contributed by atoms with Crippen LogP contribution in [0.25, 0.3) is 28.1 Å². The second kappa shape index (κ2) is 11.4. The zero-order valence-corrected chi connectivity index (χ0v) is 23.3. The van der Waals surface area contributed by atoms with Crippen molar-refractivity contribution < 1.29 is 22.1 Å². The van der Waals surface area contributed by atoms with Gasteiger partial charge in [-0.05, 0) is 24.6 Å². The highest BCUT2D eigenvalue weighted by Gasteiger charge is 2.22. The summed E-state index contributed by atoms with van der Waals surface area (Å²) in [5, 5.41) is 4.51. The predicted octanol–water partition coefficient (Wildman–Crippen LogP) is 3.17. The van der Waals surface area contributed by atoms with Crippen LogP contribution < -0.4 is 15.4 Å². The summed E-state index contributed by atoms with van der Waals surface area (Å²) < 4.78 is 54.7. The SMILES string of the molecule is C[S@](=O)CCCOc1cc(N2CCN(CCn3cnc4c3nc(N)n3nc(-c5ccco5)cc43)CC2)c(F)cc1F. The van der Waals surface area contributed by atoms with Crippen LogP contribution in [-0.4, -0.2) is 84.6 Å². The molecule has 4 aromatic heterocycles. The lowest BCUT2D eigenvalue weighted by Crippen LogP contribution is -2.47. The molecule has 14 heteroatoms. The number of furan rings is 1. The molecule has 1 saturated heterocycles. The van der Waals surface area contributed by atoms with Gasteiger partial charge in [0.1, 0.15) is 22.5 Å². The highest BCUT2D eigenvalue weighted by Crippen LogP contribution is 2.30. The number of rotatable bonds is 10. The summed E-state index contributed by atoms with van der Waals surface area (Å²) in [5.74, 6) is 0.00706. The Morgan fingerprint density at radius 3 is 2.71 bits per heavy atom. The number of halogens is 2. The van der Waals surface area contributed by atoms with E-state index in [4.69, 9.17) is 14.9 Å². The molecule has 0 amide bonds. The largest absolute Gasteiger partial charge is 0.490 e. The van der Waals surface area contributed by atoms with E-state index < -0.39 is 22.4 Å². The third-order valence-corrected chi connectivity index (χ3v) is 8.04. The molecule has 0 aliphatic carbocycles. The first kappa shape index (κ1) is 27.1. The van der Waals surface area contributed by atoms with Crippen LogP contribution in [0.5, 0.6) is 5.75 Å². The summed E-state index contributed by atoms with van der Waals surface area (Å²) in [6.07, 6.45) is 5.48. The Bertz CT molecular complexity index is 1700. The summed E-state index contributed by atoms with van der Waals surface area (Å²) in [4.78, 5) is 13.3. The van der Waals surface area contributed by atoms with Crippen molar-refractivity contribution in [1.82, 2.24) is 29.0 Å². The van der Waals surface area contributed by atoms with E-state index in [1.807, 2.05) is 21.6 Å². The molecule has 41 heavy (non-hydrogen) atoms. The molecule has 11 nitrogen and oxygen atoms in total. The number of nitrogen functional groups attached to an aromatic ring is 1. The molecule has 5 aromatic rings. The number of benzene rings is 1. The maximum atomic E-state index is 14.7. The normalized spacial score (nSPS) is 15.2. The summed E-state index contributed by atoms with van der Waals surface area (Å²) in [5.41, 5.74) is 9.31. The number of ether oxygens (including phenoxy) is 1. The van der Waals surface area contributed by atoms with Gasteiger partial charge in [-0.2, -0.15) is 14.6 Å².